The van der Waals surface area contributed by atoms with E-state index in [2.05, 4.69) is 15.9 Å². The average Bonchev–Trinajstić information content (AvgIpc) is 2.18. The van der Waals surface area contributed by atoms with Gasteiger partial charge in [-0.3, -0.25) is 4.79 Å². The van der Waals surface area contributed by atoms with Crippen LogP contribution in [0.1, 0.15) is 24.2 Å². The van der Waals surface area contributed by atoms with Crippen molar-refractivity contribution in [3.05, 3.63) is 29.8 Å². The Labute approximate surface area is 92.4 Å². The molecule has 76 valence electrons. The first-order valence-corrected chi connectivity index (χ1v) is 5.44. The third-order valence-electron chi connectivity index (χ3n) is 1.85. The Hall–Kier alpha value is -0.830. The minimum absolute atomic E-state index is 0.0807. The number of halogens is 1. The van der Waals surface area contributed by atoms with Crippen LogP contribution in [0.5, 0.6) is 5.75 Å². The maximum absolute atomic E-state index is 11.2. The molecule has 1 atom stereocenters. The quantitative estimate of drug-likeness (QED) is 0.774. The number of ketones is 1. The molecule has 2 nitrogen and oxygen atoms in total. The highest BCUT2D eigenvalue weighted by molar-refractivity contribution is 9.09. The van der Waals surface area contributed by atoms with E-state index in [-0.39, 0.29) is 10.6 Å². The summed E-state index contributed by atoms with van der Waals surface area (Å²) in [5.41, 5.74) is 0.891. The van der Waals surface area contributed by atoms with Gasteiger partial charge in [0.25, 0.3) is 0 Å². The van der Waals surface area contributed by atoms with Gasteiger partial charge in [-0.1, -0.05) is 34.1 Å². The minimum atomic E-state index is -0.273. The van der Waals surface area contributed by atoms with Gasteiger partial charge in [-0.2, -0.15) is 0 Å². The number of hydrogen-bond donors (Lipinski definition) is 0. The number of ether oxygens (including phenoxy) is 1. The topological polar surface area (TPSA) is 26.3 Å². The van der Waals surface area contributed by atoms with Gasteiger partial charge in [0.2, 0.25) is 0 Å². The van der Waals surface area contributed by atoms with Crippen LogP contribution in [0.15, 0.2) is 24.3 Å². The van der Waals surface area contributed by atoms with Gasteiger partial charge in [0, 0.05) is 5.56 Å². The molecule has 0 heterocycles. The summed E-state index contributed by atoms with van der Waals surface area (Å²) >= 11 is 3.34. The first kappa shape index (κ1) is 11.2. The van der Waals surface area contributed by atoms with Crippen molar-refractivity contribution >= 4 is 21.7 Å². The Balaban J connectivity index is 3.00. The van der Waals surface area contributed by atoms with Gasteiger partial charge in [0.15, 0.2) is 0 Å². The Morgan fingerprint density at radius 3 is 2.71 bits per heavy atom. The van der Waals surface area contributed by atoms with Crippen molar-refractivity contribution in [1.82, 2.24) is 0 Å². The second kappa shape index (κ2) is 5.15. The fourth-order valence-corrected chi connectivity index (χ4v) is 1.57. The Morgan fingerprint density at radius 1 is 1.50 bits per heavy atom. The zero-order valence-corrected chi connectivity index (χ0v) is 9.87. The van der Waals surface area contributed by atoms with Crippen LogP contribution in [0.2, 0.25) is 0 Å². The summed E-state index contributed by atoms with van der Waals surface area (Å²) in [6.45, 7) is 4.09. The molecular formula is C11H13BrO2. The lowest BCUT2D eigenvalue weighted by Gasteiger charge is -2.12. The lowest BCUT2D eigenvalue weighted by Crippen LogP contribution is -2.04. The average molecular weight is 257 g/mol. The van der Waals surface area contributed by atoms with Gasteiger partial charge in [0.05, 0.1) is 6.61 Å². The first-order chi connectivity index (χ1) is 6.66. The maximum Gasteiger partial charge on any atom is 0.147 e. The van der Waals surface area contributed by atoms with Gasteiger partial charge in [-0.15, -0.1) is 0 Å². The van der Waals surface area contributed by atoms with E-state index >= 15 is 0 Å². The standard InChI is InChI=1S/C11H13BrO2/c1-3-14-10-7-5-4-6-9(10)11(12)8(2)13/h4-7,11H,3H2,1-2H3. The number of Topliss-reactive ketones (excluding diaryl/α,β-unsaturated/α-hetero) is 1. The van der Waals surface area contributed by atoms with Gasteiger partial charge in [-0.05, 0) is 19.9 Å². The summed E-state index contributed by atoms with van der Waals surface area (Å²) in [6.07, 6.45) is 0. The highest BCUT2D eigenvalue weighted by Crippen LogP contribution is 2.31. The molecule has 0 aliphatic carbocycles. The van der Waals surface area contributed by atoms with Crippen LogP contribution in [0.25, 0.3) is 0 Å². The van der Waals surface area contributed by atoms with E-state index in [0.29, 0.717) is 6.61 Å². The van der Waals surface area contributed by atoms with Crippen molar-refractivity contribution in [3.63, 3.8) is 0 Å². The summed E-state index contributed by atoms with van der Waals surface area (Å²) in [4.78, 5) is 10.9. The fraction of sp³-hybridized carbons (Fsp3) is 0.364. The lowest BCUT2D eigenvalue weighted by molar-refractivity contribution is -0.116. The van der Waals surface area contributed by atoms with E-state index in [0.717, 1.165) is 11.3 Å². The molecule has 0 saturated heterocycles. The van der Waals surface area contributed by atoms with E-state index in [4.69, 9.17) is 4.74 Å². The van der Waals surface area contributed by atoms with Crippen molar-refractivity contribution in [2.45, 2.75) is 18.7 Å². The number of carbonyl (C=O) groups excluding carboxylic acids is 1. The monoisotopic (exact) mass is 256 g/mol. The largest absolute Gasteiger partial charge is 0.494 e. The van der Waals surface area contributed by atoms with Crippen LogP contribution >= 0.6 is 15.9 Å². The number of hydrogen-bond acceptors (Lipinski definition) is 2. The molecule has 1 aromatic rings. The van der Waals surface area contributed by atoms with Crippen molar-refractivity contribution in [2.24, 2.45) is 0 Å². The summed E-state index contributed by atoms with van der Waals surface area (Å²) in [6, 6.07) is 7.56. The number of para-hydroxylation sites is 1. The van der Waals surface area contributed by atoms with E-state index in [1.54, 1.807) is 6.92 Å². The summed E-state index contributed by atoms with van der Waals surface area (Å²) in [7, 11) is 0. The summed E-state index contributed by atoms with van der Waals surface area (Å²) in [5.74, 6) is 0.851. The Bertz CT molecular complexity index is 323. The molecule has 0 radical (unpaired) electrons. The summed E-state index contributed by atoms with van der Waals surface area (Å²) < 4.78 is 5.43. The van der Waals surface area contributed by atoms with Gasteiger partial charge in [-0.25, -0.2) is 0 Å². The van der Waals surface area contributed by atoms with E-state index < -0.39 is 0 Å². The zero-order chi connectivity index (χ0) is 10.6. The van der Waals surface area contributed by atoms with E-state index in [1.807, 2.05) is 31.2 Å². The minimum Gasteiger partial charge on any atom is -0.494 e. The molecule has 14 heavy (non-hydrogen) atoms. The molecular weight excluding hydrogens is 244 g/mol. The van der Waals surface area contributed by atoms with Crippen LogP contribution in [-0.2, 0) is 4.79 Å². The first-order valence-electron chi connectivity index (χ1n) is 4.53. The molecule has 0 aromatic heterocycles. The SMILES string of the molecule is CCOc1ccccc1C(Br)C(C)=O. The number of alkyl halides is 1. The third-order valence-corrected chi connectivity index (χ3v) is 2.99. The van der Waals surface area contributed by atoms with E-state index in [1.165, 1.54) is 0 Å². The van der Waals surface area contributed by atoms with Gasteiger partial charge >= 0.3 is 0 Å². The van der Waals surface area contributed by atoms with Crippen LogP contribution < -0.4 is 4.74 Å². The third kappa shape index (κ3) is 2.58. The van der Waals surface area contributed by atoms with Crippen LogP contribution in [-0.4, -0.2) is 12.4 Å². The number of carbonyl (C=O) groups is 1. The van der Waals surface area contributed by atoms with Crippen LogP contribution in [0.4, 0.5) is 0 Å². The maximum atomic E-state index is 11.2. The highest BCUT2D eigenvalue weighted by Gasteiger charge is 2.16. The van der Waals surface area contributed by atoms with Crippen molar-refractivity contribution in [2.75, 3.05) is 6.61 Å². The second-order valence-corrected chi connectivity index (χ2v) is 3.86. The lowest BCUT2D eigenvalue weighted by atomic mass is 10.1. The van der Waals surface area contributed by atoms with E-state index in [9.17, 15) is 4.79 Å². The molecule has 0 fully saturated rings. The van der Waals surface area contributed by atoms with Crippen molar-refractivity contribution < 1.29 is 9.53 Å². The fourth-order valence-electron chi connectivity index (χ4n) is 1.20. The zero-order valence-electron chi connectivity index (χ0n) is 8.29. The summed E-state index contributed by atoms with van der Waals surface area (Å²) in [5, 5.41) is 0. The Kier molecular flexibility index (Phi) is 4.14. The molecule has 1 rings (SSSR count). The smallest absolute Gasteiger partial charge is 0.147 e. The molecule has 3 heteroatoms. The van der Waals surface area contributed by atoms with Crippen molar-refractivity contribution in [1.29, 1.82) is 0 Å². The number of rotatable bonds is 4. The Morgan fingerprint density at radius 2 is 2.14 bits per heavy atom. The predicted octanol–water partition coefficient (Wildman–Crippen LogP) is 3.11. The highest BCUT2D eigenvalue weighted by atomic mass is 79.9. The molecule has 0 spiro atoms. The molecule has 0 aliphatic rings. The molecule has 1 aromatic carbocycles. The molecule has 0 aliphatic heterocycles. The number of benzene rings is 1. The molecule has 0 amide bonds. The molecule has 0 N–H and O–H groups in total. The van der Waals surface area contributed by atoms with Crippen LogP contribution in [0, 0.1) is 0 Å². The molecule has 1 unspecified atom stereocenters. The van der Waals surface area contributed by atoms with Gasteiger partial charge in [0.1, 0.15) is 16.4 Å². The van der Waals surface area contributed by atoms with Crippen molar-refractivity contribution in [3.8, 4) is 5.75 Å². The second-order valence-electron chi connectivity index (χ2n) is 2.94. The predicted molar refractivity (Wildman–Crippen MR) is 60.0 cm³/mol. The molecule has 0 saturated carbocycles. The van der Waals surface area contributed by atoms with Crippen LogP contribution in [0.3, 0.4) is 0 Å². The van der Waals surface area contributed by atoms with Gasteiger partial charge < -0.3 is 4.74 Å². The molecule has 0 bridgehead atoms. The normalized spacial score (nSPS) is 12.2.